The van der Waals surface area contributed by atoms with Crippen LogP contribution in [0.2, 0.25) is 0 Å². The Hall–Kier alpha value is -1.10. The highest BCUT2D eigenvalue weighted by Gasteiger charge is 2.29. The predicted octanol–water partition coefficient (Wildman–Crippen LogP) is 1.29. The van der Waals surface area contributed by atoms with Crippen molar-refractivity contribution in [1.82, 2.24) is 4.90 Å². The van der Waals surface area contributed by atoms with E-state index in [-0.39, 0.29) is 18.9 Å². The first kappa shape index (κ1) is 13.0. The third-order valence-electron chi connectivity index (χ3n) is 2.29. The van der Waals surface area contributed by atoms with Crippen molar-refractivity contribution in [2.24, 2.45) is 0 Å². The summed E-state index contributed by atoms with van der Waals surface area (Å²) in [6, 6.07) is 0. The summed E-state index contributed by atoms with van der Waals surface area (Å²) >= 11 is 0. The lowest BCUT2D eigenvalue weighted by Crippen LogP contribution is -2.40. The third-order valence-corrected chi connectivity index (χ3v) is 2.29. The fourth-order valence-corrected chi connectivity index (χ4v) is 1.48. The molecule has 0 aromatic carbocycles. The Kier molecular flexibility index (Phi) is 3.91. The van der Waals surface area contributed by atoms with Crippen molar-refractivity contribution in [3.63, 3.8) is 0 Å². The summed E-state index contributed by atoms with van der Waals surface area (Å²) in [6.07, 6.45) is -0.0910. The van der Waals surface area contributed by atoms with Crippen LogP contribution in [0.3, 0.4) is 0 Å². The van der Waals surface area contributed by atoms with E-state index < -0.39 is 17.8 Å². The van der Waals surface area contributed by atoms with Gasteiger partial charge in [0.25, 0.3) is 0 Å². The highest BCUT2D eigenvalue weighted by molar-refractivity contribution is 5.92. The third kappa shape index (κ3) is 3.81. The fraction of sp³-hybridized carbons (Fsp3) is 0.818. The number of rotatable bonds is 0. The minimum atomic E-state index is -0.619. The van der Waals surface area contributed by atoms with E-state index in [1.165, 1.54) is 0 Å². The summed E-state index contributed by atoms with van der Waals surface area (Å²) in [5.74, 6) is -0.272. The maximum atomic E-state index is 11.7. The maximum Gasteiger partial charge on any atom is 0.417 e. The van der Waals surface area contributed by atoms with Crippen LogP contribution >= 0.6 is 0 Å². The molecule has 16 heavy (non-hydrogen) atoms. The zero-order chi connectivity index (χ0) is 12.3. The minimum Gasteiger partial charge on any atom is -0.443 e. The standard InChI is InChI=1S/C11H19NO4/c1-11(2,3)16-10(15)12-7-6-8(13)4-5-9(12)14/h8,13H,4-7H2,1-3H3. The first-order valence-electron chi connectivity index (χ1n) is 5.51. The molecule has 0 saturated carbocycles. The average molecular weight is 229 g/mol. The zero-order valence-electron chi connectivity index (χ0n) is 10.0. The Balaban J connectivity index is 2.63. The van der Waals surface area contributed by atoms with Gasteiger partial charge in [0, 0.05) is 13.0 Å². The second kappa shape index (κ2) is 4.82. The van der Waals surface area contributed by atoms with Gasteiger partial charge in [-0.15, -0.1) is 0 Å². The van der Waals surface area contributed by atoms with E-state index in [1.807, 2.05) is 0 Å². The summed E-state index contributed by atoms with van der Waals surface area (Å²) in [6.45, 7) is 5.49. The Morgan fingerprint density at radius 1 is 1.44 bits per heavy atom. The SMILES string of the molecule is CC(C)(C)OC(=O)N1CCC(O)CCC1=O. The summed E-state index contributed by atoms with van der Waals surface area (Å²) < 4.78 is 5.12. The van der Waals surface area contributed by atoms with Gasteiger partial charge in [0.15, 0.2) is 0 Å². The number of amides is 2. The molecule has 1 N–H and O–H groups in total. The molecule has 2 amide bonds. The fourth-order valence-electron chi connectivity index (χ4n) is 1.48. The quantitative estimate of drug-likeness (QED) is 0.679. The Labute approximate surface area is 95.4 Å². The highest BCUT2D eigenvalue weighted by atomic mass is 16.6. The molecule has 92 valence electrons. The molecule has 5 nitrogen and oxygen atoms in total. The first-order chi connectivity index (χ1) is 7.29. The molecule has 1 unspecified atom stereocenters. The van der Waals surface area contributed by atoms with Crippen LogP contribution in [-0.4, -0.2) is 40.3 Å². The Bertz CT molecular complexity index is 282. The van der Waals surface area contributed by atoms with Gasteiger partial charge >= 0.3 is 6.09 Å². The summed E-state index contributed by atoms with van der Waals surface area (Å²) in [4.78, 5) is 24.4. The van der Waals surface area contributed by atoms with E-state index in [0.29, 0.717) is 12.8 Å². The molecule has 0 spiro atoms. The molecule has 0 aromatic rings. The van der Waals surface area contributed by atoms with Crippen LogP contribution in [-0.2, 0) is 9.53 Å². The second-order valence-electron chi connectivity index (χ2n) is 5.01. The molecule has 1 aliphatic rings. The minimum absolute atomic E-state index is 0.195. The summed E-state index contributed by atoms with van der Waals surface area (Å²) in [7, 11) is 0. The average Bonchev–Trinajstić information content (AvgIpc) is 2.26. The van der Waals surface area contributed by atoms with Crippen LogP contribution in [0.1, 0.15) is 40.0 Å². The van der Waals surface area contributed by atoms with Crippen LogP contribution in [0.25, 0.3) is 0 Å². The van der Waals surface area contributed by atoms with Gasteiger partial charge in [-0.2, -0.15) is 0 Å². The number of carbonyl (C=O) groups is 2. The van der Waals surface area contributed by atoms with Gasteiger partial charge in [-0.1, -0.05) is 0 Å². The molecule has 0 radical (unpaired) electrons. The van der Waals surface area contributed by atoms with E-state index in [2.05, 4.69) is 0 Å². The number of aliphatic hydroxyl groups excluding tert-OH is 1. The van der Waals surface area contributed by atoms with Crippen LogP contribution in [0.4, 0.5) is 4.79 Å². The smallest absolute Gasteiger partial charge is 0.417 e. The Morgan fingerprint density at radius 2 is 2.06 bits per heavy atom. The molecule has 1 atom stereocenters. The molecule has 0 aliphatic carbocycles. The van der Waals surface area contributed by atoms with Gasteiger partial charge in [0.1, 0.15) is 5.60 Å². The molecule has 0 aromatic heterocycles. The number of imide groups is 1. The number of hydrogen-bond donors (Lipinski definition) is 1. The van der Waals surface area contributed by atoms with Crippen molar-refractivity contribution in [2.75, 3.05) is 6.54 Å². The molecule has 5 heteroatoms. The van der Waals surface area contributed by atoms with Crippen LogP contribution in [0, 0.1) is 0 Å². The number of carbonyl (C=O) groups excluding carboxylic acids is 2. The predicted molar refractivity (Wildman–Crippen MR) is 57.8 cm³/mol. The van der Waals surface area contributed by atoms with Gasteiger partial charge < -0.3 is 9.84 Å². The van der Waals surface area contributed by atoms with E-state index in [1.54, 1.807) is 20.8 Å². The molecular weight excluding hydrogens is 210 g/mol. The molecule has 1 fully saturated rings. The topological polar surface area (TPSA) is 66.8 Å². The lowest BCUT2D eigenvalue weighted by molar-refractivity contribution is -0.129. The van der Waals surface area contributed by atoms with Crippen LogP contribution in [0.5, 0.6) is 0 Å². The maximum absolute atomic E-state index is 11.7. The van der Waals surface area contributed by atoms with Crippen molar-refractivity contribution in [3.05, 3.63) is 0 Å². The van der Waals surface area contributed by atoms with Gasteiger partial charge in [0.05, 0.1) is 6.10 Å². The number of ether oxygens (including phenoxy) is 1. The van der Waals surface area contributed by atoms with E-state index in [9.17, 15) is 14.7 Å². The van der Waals surface area contributed by atoms with Crippen LogP contribution < -0.4 is 0 Å². The van der Waals surface area contributed by atoms with Crippen LogP contribution in [0.15, 0.2) is 0 Å². The van der Waals surface area contributed by atoms with Crippen molar-refractivity contribution >= 4 is 12.0 Å². The number of aliphatic hydroxyl groups is 1. The molecule has 1 heterocycles. The first-order valence-corrected chi connectivity index (χ1v) is 5.51. The monoisotopic (exact) mass is 229 g/mol. The van der Waals surface area contributed by atoms with Gasteiger partial charge in [-0.25, -0.2) is 9.69 Å². The lowest BCUT2D eigenvalue weighted by Gasteiger charge is -2.25. The van der Waals surface area contributed by atoms with E-state index >= 15 is 0 Å². The van der Waals surface area contributed by atoms with Crippen molar-refractivity contribution in [3.8, 4) is 0 Å². The zero-order valence-corrected chi connectivity index (χ0v) is 10.0. The molecule has 0 bridgehead atoms. The number of likely N-dealkylation sites (tertiary alicyclic amines) is 1. The van der Waals surface area contributed by atoms with E-state index in [0.717, 1.165) is 4.90 Å². The number of hydrogen-bond acceptors (Lipinski definition) is 4. The molecule has 1 saturated heterocycles. The number of nitrogens with zero attached hydrogens (tertiary/aromatic N) is 1. The van der Waals surface area contributed by atoms with Gasteiger partial charge in [-0.3, -0.25) is 4.79 Å². The summed E-state index contributed by atoms with van der Waals surface area (Å²) in [5.41, 5.74) is -0.609. The van der Waals surface area contributed by atoms with Gasteiger partial charge in [0.2, 0.25) is 5.91 Å². The highest BCUT2D eigenvalue weighted by Crippen LogP contribution is 2.16. The second-order valence-corrected chi connectivity index (χ2v) is 5.01. The summed E-state index contributed by atoms with van der Waals surface area (Å²) in [5, 5.41) is 9.41. The van der Waals surface area contributed by atoms with Crippen molar-refractivity contribution < 1.29 is 19.4 Å². The van der Waals surface area contributed by atoms with Crippen molar-refractivity contribution in [1.29, 1.82) is 0 Å². The van der Waals surface area contributed by atoms with E-state index in [4.69, 9.17) is 4.74 Å². The van der Waals surface area contributed by atoms with Gasteiger partial charge in [-0.05, 0) is 33.6 Å². The van der Waals surface area contributed by atoms with Crippen molar-refractivity contribution in [2.45, 2.75) is 51.7 Å². The largest absolute Gasteiger partial charge is 0.443 e. The molecule has 1 rings (SSSR count). The lowest BCUT2D eigenvalue weighted by atomic mass is 10.2. The normalized spacial score (nSPS) is 22.9. The molecule has 1 aliphatic heterocycles. The Morgan fingerprint density at radius 3 is 2.62 bits per heavy atom. The molecular formula is C11H19NO4.